The minimum Gasteiger partial charge on any atom is -0.361 e. The molecule has 14 heavy (non-hydrogen) atoms. The second-order valence-electron chi connectivity index (χ2n) is 3.72. The van der Waals surface area contributed by atoms with E-state index in [1.54, 1.807) is 0 Å². The van der Waals surface area contributed by atoms with Crippen molar-refractivity contribution in [1.29, 1.82) is 0 Å². The zero-order valence-corrected chi connectivity index (χ0v) is 8.46. The normalized spacial score (nSPS) is 13.3. The Morgan fingerprint density at radius 2 is 2.21 bits per heavy atom. The molecule has 2 aromatic rings. The fraction of sp³-hybridized carbons (Fsp3) is 0.231. The average Bonchev–Trinajstić information content (AvgIpc) is 2.61. The first-order valence-electron chi connectivity index (χ1n) is 5.00. The Morgan fingerprint density at radius 1 is 1.43 bits per heavy atom. The van der Waals surface area contributed by atoms with Gasteiger partial charge in [0.1, 0.15) is 0 Å². The zero-order valence-electron chi connectivity index (χ0n) is 8.46. The molecule has 0 aliphatic rings. The summed E-state index contributed by atoms with van der Waals surface area (Å²) in [6, 6.07) is 8.42. The molecule has 2 rings (SSSR count). The molecule has 0 fully saturated rings. The van der Waals surface area contributed by atoms with Gasteiger partial charge in [0, 0.05) is 17.1 Å². The average molecular weight is 185 g/mol. The van der Waals surface area contributed by atoms with Gasteiger partial charge in [0.25, 0.3) is 0 Å². The molecule has 0 aliphatic heterocycles. The lowest BCUT2D eigenvalue weighted by Gasteiger charge is -2.07. The standard InChI is InChI=1S/C13H15N/c1-3-6-10(2)12-9-14-13-8-5-4-7-11(12)13/h3-5,7-10,14H,1,6H2,2H3. The van der Waals surface area contributed by atoms with Gasteiger partial charge in [0.15, 0.2) is 0 Å². The zero-order chi connectivity index (χ0) is 9.97. The highest BCUT2D eigenvalue weighted by Crippen LogP contribution is 2.27. The minimum absolute atomic E-state index is 0.545. The third-order valence-corrected chi connectivity index (χ3v) is 2.67. The van der Waals surface area contributed by atoms with E-state index in [0.717, 1.165) is 6.42 Å². The van der Waals surface area contributed by atoms with Gasteiger partial charge in [-0.15, -0.1) is 0 Å². The van der Waals surface area contributed by atoms with Crippen LogP contribution in [0.2, 0.25) is 0 Å². The summed E-state index contributed by atoms with van der Waals surface area (Å²) in [6.07, 6.45) is 5.12. The highest BCUT2D eigenvalue weighted by Gasteiger charge is 2.09. The predicted molar refractivity (Wildman–Crippen MR) is 61.0 cm³/mol. The molecular weight excluding hydrogens is 170 g/mol. The summed E-state index contributed by atoms with van der Waals surface area (Å²) in [5.41, 5.74) is 2.61. The first kappa shape index (κ1) is 9.32. The highest BCUT2D eigenvalue weighted by molar-refractivity contribution is 5.83. The van der Waals surface area contributed by atoms with Crippen molar-refractivity contribution >= 4 is 10.9 Å². The maximum Gasteiger partial charge on any atom is 0.0456 e. The fourth-order valence-electron chi connectivity index (χ4n) is 1.88. The highest BCUT2D eigenvalue weighted by atomic mass is 14.7. The van der Waals surface area contributed by atoms with Gasteiger partial charge in [-0.3, -0.25) is 0 Å². The maximum absolute atomic E-state index is 3.78. The Hall–Kier alpha value is -1.24. The van der Waals surface area contributed by atoms with E-state index in [1.807, 2.05) is 6.42 Å². The molecule has 0 spiro atoms. The summed E-state index contributed by atoms with van der Waals surface area (Å²) in [4.78, 5) is 3.29. The third-order valence-electron chi connectivity index (χ3n) is 2.67. The molecule has 0 saturated heterocycles. The number of nitrogens with one attached hydrogen (secondary N) is 1. The Kier molecular flexibility index (Phi) is 2.58. The number of aromatic amines is 1. The van der Waals surface area contributed by atoms with Crippen LogP contribution in [-0.2, 0) is 0 Å². The van der Waals surface area contributed by atoms with E-state index in [2.05, 4.69) is 49.3 Å². The fourth-order valence-corrected chi connectivity index (χ4v) is 1.88. The van der Waals surface area contributed by atoms with Crippen molar-refractivity contribution in [3.63, 3.8) is 0 Å². The quantitative estimate of drug-likeness (QED) is 0.750. The van der Waals surface area contributed by atoms with Gasteiger partial charge in [-0.05, 0) is 37.3 Å². The summed E-state index contributed by atoms with van der Waals surface area (Å²) in [5, 5.41) is 1.34. The number of hydrogen-bond donors (Lipinski definition) is 1. The molecule has 1 unspecified atom stereocenters. The molecule has 0 amide bonds. The minimum atomic E-state index is 0.545. The predicted octanol–water partition coefficient (Wildman–Crippen LogP) is 3.70. The van der Waals surface area contributed by atoms with E-state index in [9.17, 15) is 0 Å². The van der Waals surface area contributed by atoms with E-state index in [1.165, 1.54) is 16.5 Å². The van der Waals surface area contributed by atoms with Gasteiger partial charge in [0.2, 0.25) is 0 Å². The molecule has 1 N–H and O–H groups in total. The number of aromatic nitrogens is 1. The smallest absolute Gasteiger partial charge is 0.0456 e. The van der Waals surface area contributed by atoms with Crippen LogP contribution in [0.3, 0.4) is 0 Å². The van der Waals surface area contributed by atoms with Crippen molar-refractivity contribution in [3.05, 3.63) is 49.4 Å². The molecule has 0 bridgehead atoms. The third kappa shape index (κ3) is 1.54. The Balaban J connectivity index is 2.42. The lowest BCUT2D eigenvalue weighted by atomic mass is 9.96. The lowest BCUT2D eigenvalue weighted by Crippen LogP contribution is -1.91. The second kappa shape index (κ2) is 3.87. The van der Waals surface area contributed by atoms with Gasteiger partial charge in [-0.25, -0.2) is 0 Å². The van der Waals surface area contributed by atoms with Crippen molar-refractivity contribution < 1.29 is 0 Å². The van der Waals surface area contributed by atoms with Gasteiger partial charge in [-0.2, -0.15) is 0 Å². The van der Waals surface area contributed by atoms with Crippen molar-refractivity contribution in [2.24, 2.45) is 0 Å². The molecule has 1 heterocycles. The number of hydrogen-bond acceptors (Lipinski definition) is 0. The summed E-state index contributed by atoms with van der Waals surface area (Å²) < 4.78 is 0. The molecule has 1 atom stereocenters. The number of para-hydroxylation sites is 1. The van der Waals surface area contributed by atoms with Gasteiger partial charge in [-0.1, -0.05) is 25.1 Å². The van der Waals surface area contributed by atoms with Gasteiger partial charge in [0.05, 0.1) is 0 Å². The number of fused-ring (bicyclic) bond motifs is 1. The number of rotatable bonds is 3. The van der Waals surface area contributed by atoms with Gasteiger partial charge >= 0.3 is 0 Å². The summed E-state index contributed by atoms with van der Waals surface area (Å²) in [5.74, 6) is 0.545. The molecule has 0 saturated carbocycles. The van der Waals surface area contributed by atoms with Crippen LogP contribution in [0, 0.1) is 13.3 Å². The van der Waals surface area contributed by atoms with E-state index in [4.69, 9.17) is 0 Å². The molecule has 1 aromatic heterocycles. The maximum atomic E-state index is 3.78. The second-order valence-corrected chi connectivity index (χ2v) is 3.72. The summed E-state index contributed by atoms with van der Waals surface area (Å²) in [7, 11) is 0. The van der Waals surface area contributed by atoms with E-state index in [0.29, 0.717) is 5.92 Å². The number of H-pyrrole nitrogens is 1. The first-order chi connectivity index (χ1) is 6.83. The Morgan fingerprint density at radius 3 is 3.00 bits per heavy atom. The molecule has 0 aliphatic carbocycles. The largest absolute Gasteiger partial charge is 0.361 e. The molecular formula is C13H15N. The van der Waals surface area contributed by atoms with E-state index >= 15 is 0 Å². The van der Waals surface area contributed by atoms with Crippen LogP contribution >= 0.6 is 0 Å². The molecule has 2 radical (unpaired) electrons. The van der Waals surface area contributed by atoms with E-state index in [-0.39, 0.29) is 0 Å². The van der Waals surface area contributed by atoms with Crippen molar-refractivity contribution in [2.45, 2.75) is 19.3 Å². The van der Waals surface area contributed by atoms with Crippen LogP contribution < -0.4 is 0 Å². The first-order valence-corrected chi connectivity index (χ1v) is 5.00. The molecule has 1 aromatic carbocycles. The molecule has 72 valence electrons. The van der Waals surface area contributed by atoms with Crippen molar-refractivity contribution in [2.75, 3.05) is 0 Å². The van der Waals surface area contributed by atoms with Crippen molar-refractivity contribution in [1.82, 2.24) is 4.98 Å². The Labute approximate surface area is 85.1 Å². The van der Waals surface area contributed by atoms with Crippen LogP contribution in [0.1, 0.15) is 24.8 Å². The monoisotopic (exact) mass is 185 g/mol. The summed E-state index contributed by atoms with van der Waals surface area (Å²) in [6.45, 7) is 6.01. The lowest BCUT2D eigenvalue weighted by molar-refractivity contribution is 0.764. The Bertz CT molecular complexity index is 414. The van der Waals surface area contributed by atoms with Crippen LogP contribution in [0.15, 0.2) is 30.5 Å². The summed E-state index contributed by atoms with van der Waals surface area (Å²) >= 11 is 0. The molecule has 1 heteroatoms. The number of benzene rings is 1. The van der Waals surface area contributed by atoms with Crippen LogP contribution in [0.4, 0.5) is 0 Å². The van der Waals surface area contributed by atoms with Crippen LogP contribution in [0.25, 0.3) is 10.9 Å². The van der Waals surface area contributed by atoms with E-state index < -0.39 is 0 Å². The van der Waals surface area contributed by atoms with Crippen LogP contribution in [0.5, 0.6) is 0 Å². The SMILES string of the molecule is [CH2][CH]CC(C)c1c[nH]c2ccccc12. The van der Waals surface area contributed by atoms with Gasteiger partial charge < -0.3 is 4.98 Å². The topological polar surface area (TPSA) is 15.8 Å². The van der Waals surface area contributed by atoms with Crippen molar-refractivity contribution in [3.8, 4) is 0 Å². The van der Waals surface area contributed by atoms with Crippen LogP contribution in [-0.4, -0.2) is 4.98 Å². The molecule has 1 nitrogen and oxygen atoms in total.